The maximum absolute atomic E-state index is 11.4. The van der Waals surface area contributed by atoms with Crippen molar-refractivity contribution >= 4 is 5.97 Å². The molecule has 0 aliphatic heterocycles. The van der Waals surface area contributed by atoms with Crippen LogP contribution in [0.1, 0.15) is 142 Å². The molecule has 0 aromatic heterocycles. The Morgan fingerprint density at radius 3 is 1.15 bits per heavy atom. The van der Waals surface area contributed by atoms with Crippen molar-refractivity contribution in [3.63, 3.8) is 0 Å². The Morgan fingerprint density at radius 2 is 0.879 bits per heavy atom. The third-order valence-electron chi connectivity index (χ3n) is 6.24. The second kappa shape index (κ2) is 31.4. The summed E-state index contributed by atoms with van der Waals surface area (Å²) in [6.07, 6.45) is 25.3. The topological polar surface area (TPSA) is 89.8 Å². The van der Waals surface area contributed by atoms with Crippen LogP contribution in [-0.2, 0) is 4.79 Å². The molecule has 1 unspecified atom stereocenters. The number of carboxylic acids is 1. The molecule has 0 bridgehead atoms. The molecule has 5 heteroatoms. The van der Waals surface area contributed by atoms with Crippen LogP contribution in [0.2, 0.25) is 0 Å². The summed E-state index contributed by atoms with van der Waals surface area (Å²) in [6.45, 7) is 5.93. The van der Waals surface area contributed by atoms with Crippen LogP contribution in [0.4, 0.5) is 0 Å². The van der Waals surface area contributed by atoms with Gasteiger partial charge in [0.1, 0.15) is 0 Å². The van der Waals surface area contributed by atoms with E-state index >= 15 is 0 Å². The Hall–Kier alpha value is -0.650. The van der Waals surface area contributed by atoms with E-state index < -0.39 is 5.97 Å². The monoisotopic (exact) mass is 473 g/mol. The summed E-state index contributed by atoms with van der Waals surface area (Å²) in [5.41, 5.74) is 0. The van der Waals surface area contributed by atoms with Crippen LogP contribution in [0, 0.1) is 5.92 Å². The Bertz CT molecular complexity index is 362. The second-order valence-electron chi connectivity index (χ2n) is 9.47. The molecule has 0 spiro atoms. The Labute approximate surface area is 206 Å². The van der Waals surface area contributed by atoms with E-state index in [-0.39, 0.29) is 19.1 Å². The van der Waals surface area contributed by atoms with Gasteiger partial charge in [0.05, 0.1) is 19.1 Å². The van der Waals surface area contributed by atoms with Crippen molar-refractivity contribution in [2.45, 2.75) is 142 Å². The number of hydrogen-bond donors (Lipinski definition) is 4. The first-order valence-corrected chi connectivity index (χ1v) is 14.3. The van der Waals surface area contributed by atoms with Crippen molar-refractivity contribution in [2.75, 3.05) is 26.3 Å². The molecule has 0 rings (SSSR count). The van der Waals surface area contributed by atoms with Crippen LogP contribution in [-0.4, -0.2) is 47.6 Å². The Balaban J connectivity index is 0. The van der Waals surface area contributed by atoms with Gasteiger partial charge >= 0.3 is 5.97 Å². The molecule has 0 saturated carbocycles. The quantitative estimate of drug-likeness (QED) is 0.106. The predicted octanol–water partition coefficient (Wildman–Crippen LogP) is 7.09. The summed E-state index contributed by atoms with van der Waals surface area (Å²) >= 11 is 0. The van der Waals surface area contributed by atoms with E-state index in [9.17, 15) is 9.90 Å². The highest BCUT2D eigenvalue weighted by molar-refractivity contribution is 5.69. The molecule has 5 nitrogen and oxygen atoms in total. The minimum atomic E-state index is -0.566. The zero-order valence-electron chi connectivity index (χ0n) is 22.3. The van der Waals surface area contributed by atoms with E-state index in [1.807, 2.05) is 0 Å². The Kier molecular flexibility index (Phi) is 32.8. The predicted molar refractivity (Wildman–Crippen MR) is 142 cm³/mol. The van der Waals surface area contributed by atoms with Gasteiger partial charge in [-0.2, -0.15) is 0 Å². The smallest absolute Gasteiger partial charge is 0.306 e. The normalized spacial score (nSPS) is 11.8. The zero-order chi connectivity index (χ0) is 24.8. The number of unbranched alkanes of at least 4 members (excludes halogenated alkanes) is 16. The molecule has 33 heavy (non-hydrogen) atoms. The molecule has 0 fully saturated rings. The Morgan fingerprint density at radius 1 is 0.576 bits per heavy atom. The third-order valence-corrected chi connectivity index (χ3v) is 6.24. The molecule has 0 radical (unpaired) electrons. The maximum Gasteiger partial charge on any atom is 0.306 e. The molecule has 1 atom stereocenters. The minimum Gasteiger partial charge on any atom is -0.481 e. The van der Waals surface area contributed by atoms with Crippen molar-refractivity contribution in [1.82, 2.24) is 5.32 Å². The summed E-state index contributed by atoms with van der Waals surface area (Å²) in [5, 5.41) is 28.5. The largest absolute Gasteiger partial charge is 0.481 e. The number of hydrogen-bond acceptors (Lipinski definition) is 4. The second-order valence-corrected chi connectivity index (χ2v) is 9.47. The van der Waals surface area contributed by atoms with Crippen molar-refractivity contribution in [3.8, 4) is 0 Å². The van der Waals surface area contributed by atoms with E-state index in [0.29, 0.717) is 13.1 Å². The van der Waals surface area contributed by atoms with Gasteiger partial charge in [-0.25, -0.2) is 0 Å². The average Bonchev–Trinajstić information content (AvgIpc) is 2.81. The number of carbonyl (C=O) groups is 1. The van der Waals surface area contributed by atoms with Gasteiger partial charge in [0.2, 0.25) is 0 Å². The van der Waals surface area contributed by atoms with E-state index in [2.05, 4.69) is 19.2 Å². The van der Waals surface area contributed by atoms with Crippen molar-refractivity contribution in [2.24, 2.45) is 5.92 Å². The van der Waals surface area contributed by atoms with E-state index in [4.69, 9.17) is 10.2 Å². The third kappa shape index (κ3) is 31.4. The lowest BCUT2D eigenvalue weighted by atomic mass is 9.94. The lowest BCUT2D eigenvalue weighted by molar-refractivity contribution is -0.142. The van der Waals surface area contributed by atoms with Gasteiger partial charge < -0.3 is 20.6 Å². The minimum absolute atomic E-state index is 0.0934. The number of carboxylic acid groups (broad SMARTS) is 1. The van der Waals surface area contributed by atoms with Crippen LogP contribution >= 0.6 is 0 Å². The van der Waals surface area contributed by atoms with E-state index in [1.54, 1.807) is 0 Å². The van der Waals surface area contributed by atoms with Gasteiger partial charge in [0.25, 0.3) is 0 Å². The molecular weight excluding hydrogens is 414 g/mol. The molecule has 0 aromatic carbocycles. The van der Waals surface area contributed by atoms with Gasteiger partial charge in [-0.05, 0) is 12.8 Å². The average molecular weight is 474 g/mol. The fourth-order valence-corrected chi connectivity index (χ4v) is 4.08. The van der Waals surface area contributed by atoms with Crippen LogP contribution in [0.3, 0.4) is 0 Å². The molecule has 0 aromatic rings. The van der Waals surface area contributed by atoms with Crippen LogP contribution < -0.4 is 5.32 Å². The highest BCUT2D eigenvalue weighted by atomic mass is 16.4. The maximum atomic E-state index is 11.4. The SMILES string of the molecule is CCCCCCCCCCCCC(CCCCCCCCCC)C(=O)O.OCCNCCO. The first-order chi connectivity index (χ1) is 16.1. The molecule has 0 aliphatic carbocycles. The zero-order valence-corrected chi connectivity index (χ0v) is 22.3. The lowest BCUT2D eigenvalue weighted by Crippen LogP contribution is -2.21. The fraction of sp³-hybridized carbons (Fsp3) is 0.964. The summed E-state index contributed by atoms with van der Waals surface area (Å²) in [7, 11) is 0. The standard InChI is InChI=1S/C24H48O2.C4H11NO2/c1-3-5-7-9-11-13-14-16-18-20-22-23(24(25)26)21-19-17-15-12-10-8-6-4-2;6-3-1-5-2-4-7/h23H,3-22H2,1-2H3,(H,25,26);5-7H,1-4H2. The summed E-state index contributed by atoms with van der Waals surface area (Å²) in [6, 6.07) is 0. The molecule has 200 valence electrons. The number of aliphatic hydroxyl groups excluding tert-OH is 2. The fourth-order valence-electron chi connectivity index (χ4n) is 4.08. The number of nitrogens with one attached hydrogen (secondary N) is 1. The molecule has 0 heterocycles. The van der Waals surface area contributed by atoms with Crippen LogP contribution in [0.5, 0.6) is 0 Å². The molecule has 0 aliphatic rings. The first-order valence-electron chi connectivity index (χ1n) is 14.3. The van der Waals surface area contributed by atoms with E-state index in [1.165, 1.54) is 103 Å². The molecular formula is C28H59NO4. The molecule has 0 amide bonds. The van der Waals surface area contributed by atoms with Crippen molar-refractivity contribution < 1.29 is 20.1 Å². The van der Waals surface area contributed by atoms with Gasteiger partial charge in [-0.1, -0.05) is 129 Å². The van der Waals surface area contributed by atoms with Crippen LogP contribution in [0.25, 0.3) is 0 Å². The summed E-state index contributed by atoms with van der Waals surface area (Å²) in [4.78, 5) is 11.4. The van der Waals surface area contributed by atoms with Gasteiger partial charge in [-0.15, -0.1) is 0 Å². The highest BCUT2D eigenvalue weighted by Gasteiger charge is 2.16. The van der Waals surface area contributed by atoms with Crippen molar-refractivity contribution in [1.29, 1.82) is 0 Å². The first kappa shape index (κ1) is 34.5. The van der Waals surface area contributed by atoms with Gasteiger partial charge in [0.15, 0.2) is 0 Å². The number of aliphatic carboxylic acids is 1. The lowest BCUT2D eigenvalue weighted by Gasteiger charge is -2.12. The summed E-state index contributed by atoms with van der Waals surface area (Å²) in [5.74, 6) is -0.659. The van der Waals surface area contributed by atoms with Gasteiger partial charge in [0, 0.05) is 13.1 Å². The van der Waals surface area contributed by atoms with Gasteiger partial charge in [-0.3, -0.25) is 4.79 Å². The van der Waals surface area contributed by atoms with Crippen molar-refractivity contribution in [3.05, 3.63) is 0 Å². The molecule has 4 N–H and O–H groups in total. The summed E-state index contributed by atoms with van der Waals surface area (Å²) < 4.78 is 0. The number of aliphatic hydroxyl groups is 2. The number of rotatable bonds is 25. The highest BCUT2D eigenvalue weighted by Crippen LogP contribution is 2.20. The molecule has 0 saturated heterocycles. The van der Waals surface area contributed by atoms with E-state index in [0.717, 1.165) is 25.7 Å². The van der Waals surface area contributed by atoms with Crippen LogP contribution in [0.15, 0.2) is 0 Å².